The SMILES string of the molecule is CCN(CC)C(C)(CC)C(CCCC(C)C)NN. The van der Waals surface area contributed by atoms with Gasteiger partial charge in [0.05, 0.1) is 0 Å². The molecule has 0 radical (unpaired) electrons. The van der Waals surface area contributed by atoms with E-state index in [-0.39, 0.29) is 5.54 Å². The van der Waals surface area contributed by atoms with Gasteiger partial charge >= 0.3 is 0 Å². The number of hydrogen-bond donors (Lipinski definition) is 2. The molecule has 18 heavy (non-hydrogen) atoms. The highest BCUT2D eigenvalue weighted by Crippen LogP contribution is 2.26. The Balaban J connectivity index is 4.63. The molecular formula is C15H35N3. The van der Waals surface area contributed by atoms with Crippen LogP contribution in [-0.2, 0) is 0 Å². The van der Waals surface area contributed by atoms with E-state index in [2.05, 4.69) is 51.9 Å². The number of nitrogens with zero attached hydrogens (tertiary/aromatic N) is 1. The zero-order valence-corrected chi connectivity index (χ0v) is 13.4. The number of likely N-dealkylation sites (N-methyl/N-ethyl adjacent to an activating group) is 1. The monoisotopic (exact) mass is 257 g/mol. The zero-order valence-electron chi connectivity index (χ0n) is 13.4. The van der Waals surface area contributed by atoms with E-state index in [1.165, 1.54) is 12.8 Å². The maximum absolute atomic E-state index is 5.82. The maximum atomic E-state index is 5.82. The lowest BCUT2D eigenvalue weighted by molar-refractivity contribution is 0.0653. The molecule has 0 aromatic carbocycles. The van der Waals surface area contributed by atoms with E-state index in [0.717, 1.165) is 31.8 Å². The average molecular weight is 257 g/mol. The molecule has 0 aliphatic rings. The molecule has 2 unspecified atom stereocenters. The summed E-state index contributed by atoms with van der Waals surface area (Å²) >= 11 is 0. The summed E-state index contributed by atoms with van der Waals surface area (Å²) < 4.78 is 0. The Kier molecular flexibility index (Phi) is 8.83. The molecular weight excluding hydrogens is 222 g/mol. The summed E-state index contributed by atoms with van der Waals surface area (Å²) in [6, 6.07) is 0.376. The highest BCUT2D eigenvalue weighted by Gasteiger charge is 2.35. The van der Waals surface area contributed by atoms with E-state index in [1.54, 1.807) is 0 Å². The molecule has 0 saturated carbocycles. The number of rotatable bonds is 10. The van der Waals surface area contributed by atoms with Gasteiger partial charge in [0, 0.05) is 11.6 Å². The van der Waals surface area contributed by atoms with E-state index in [4.69, 9.17) is 5.84 Å². The first-order valence-corrected chi connectivity index (χ1v) is 7.67. The second-order valence-electron chi connectivity index (χ2n) is 5.93. The molecule has 0 aromatic rings. The molecule has 0 aromatic heterocycles. The van der Waals surface area contributed by atoms with Crippen LogP contribution >= 0.6 is 0 Å². The molecule has 0 aliphatic heterocycles. The highest BCUT2D eigenvalue weighted by molar-refractivity contribution is 4.94. The Hall–Kier alpha value is -0.120. The molecule has 0 saturated heterocycles. The molecule has 110 valence electrons. The van der Waals surface area contributed by atoms with Gasteiger partial charge in [0.1, 0.15) is 0 Å². The molecule has 0 bridgehead atoms. The number of nitrogens with two attached hydrogens (primary N) is 1. The number of hydrogen-bond acceptors (Lipinski definition) is 3. The van der Waals surface area contributed by atoms with Gasteiger partial charge < -0.3 is 0 Å². The van der Waals surface area contributed by atoms with Crippen LogP contribution in [0.15, 0.2) is 0 Å². The van der Waals surface area contributed by atoms with Gasteiger partial charge in [0.25, 0.3) is 0 Å². The van der Waals surface area contributed by atoms with Crippen molar-refractivity contribution in [3.05, 3.63) is 0 Å². The van der Waals surface area contributed by atoms with Crippen LogP contribution in [-0.4, -0.2) is 29.6 Å². The third-order valence-corrected chi connectivity index (χ3v) is 4.43. The van der Waals surface area contributed by atoms with Crippen LogP contribution in [0.2, 0.25) is 0 Å². The van der Waals surface area contributed by atoms with E-state index < -0.39 is 0 Å². The van der Waals surface area contributed by atoms with Gasteiger partial charge in [-0.05, 0) is 38.8 Å². The lowest BCUT2D eigenvalue weighted by Crippen LogP contribution is -2.60. The molecule has 0 spiro atoms. The topological polar surface area (TPSA) is 41.3 Å². The molecule has 3 nitrogen and oxygen atoms in total. The number of hydrazine groups is 1. The lowest BCUT2D eigenvalue weighted by Gasteiger charge is -2.45. The normalized spacial score (nSPS) is 17.2. The minimum atomic E-state index is 0.162. The fraction of sp³-hybridized carbons (Fsp3) is 1.00. The van der Waals surface area contributed by atoms with Crippen LogP contribution in [0.1, 0.15) is 67.2 Å². The Labute approximate surface area is 114 Å². The van der Waals surface area contributed by atoms with Crippen molar-refractivity contribution in [1.82, 2.24) is 10.3 Å². The molecule has 2 atom stereocenters. The van der Waals surface area contributed by atoms with Gasteiger partial charge in [0.2, 0.25) is 0 Å². The highest BCUT2D eigenvalue weighted by atomic mass is 15.3. The van der Waals surface area contributed by atoms with Crippen LogP contribution in [0.3, 0.4) is 0 Å². The van der Waals surface area contributed by atoms with Gasteiger partial charge in [0.15, 0.2) is 0 Å². The van der Waals surface area contributed by atoms with Crippen LogP contribution in [0.4, 0.5) is 0 Å². The molecule has 3 heteroatoms. The first-order chi connectivity index (χ1) is 8.46. The lowest BCUT2D eigenvalue weighted by atomic mass is 9.84. The third kappa shape index (κ3) is 4.87. The van der Waals surface area contributed by atoms with Crippen molar-refractivity contribution in [3.8, 4) is 0 Å². The van der Waals surface area contributed by atoms with Crippen molar-refractivity contribution in [3.63, 3.8) is 0 Å². The van der Waals surface area contributed by atoms with Crippen molar-refractivity contribution in [2.45, 2.75) is 78.8 Å². The number of nitrogens with one attached hydrogen (secondary N) is 1. The Morgan fingerprint density at radius 1 is 1.11 bits per heavy atom. The summed E-state index contributed by atoms with van der Waals surface area (Å²) in [6.45, 7) is 15.8. The first kappa shape index (κ1) is 17.9. The summed E-state index contributed by atoms with van der Waals surface area (Å²) in [5, 5.41) is 0. The van der Waals surface area contributed by atoms with E-state index in [0.29, 0.717) is 6.04 Å². The van der Waals surface area contributed by atoms with Crippen molar-refractivity contribution >= 4 is 0 Å². The predicted octanol–water partition coefficient (Wildman–Crippen LogP) is 3.16. The molecule has 0 fully saturated rings. The van der Waals surface area contributed by atoms with Crippen LogP contribution in [0.5, 0.6) is 0 Å². The second-order valence-corrected chi connectivity index (χ2v) is 5.93. The predicted molar refractivity (Wildman–Crippen MR) is 81.4 cm³/mol. The molecule has 0 rings (SSSR count). The Morgan fingerprint density at radius 3 is 2.00 bits per heavy atom. The minimum Gasteiger partial charge on any atom is -0.297 e. The standard InChI is InChI=1S/C15H35N3/c1-7-15(6,18(8-2)9-3)14(17-16)12-10-11-13(4)5/h13-14,17H,7-12,16H2,1-6H3. The second kappa shape index (κ2) is 8.89. The molecule has 0 heterocycles. The summed E-state index contributed by atoms with van der Waals surface area (Å²) in [5.41, 5.74) is 3.24. The summed E-state index contributed by atoms with van der Waals surface area (Å²) in [4.78, 5) is 2.53. The first-order valence-electron chi connectivity index (χ1n) is 7.67. The summed E-state index contributed by atoms with van der Waals surface area (Å²) in [5.74, 6) is 6.60. The summed E-state index contributed by atoms with van der Waals surface area (Å²) in [7, 11) is 0. The Bertz CT molecular complexity index is 202. The zero-order chi connectivity index (χ0) is 14.2. The van der Waals surface area contributed by atoms with E-state index >= 15 is 0 Å². The maximum Gasteiger partial charge on any atom is 0.0391 e. The minimum absolute atomic E-state index is 0.162. The van der Waals surface area contributed by atoms with Gasteiger partial charge in [-0.25, -0.2) is 0 Å². The van der Waals surface area contributed by atoms with E-state index in [1.807, 2.05) is 0 Å². The molecule has 3 N–H and O–H groups in total. The third-order valence-electron chi connectivity index (χ3n) is 4.43. The quantitative estimate of drug-likeness (QED) is 0.466. The molecule has 0 aliphatic carbocycles. The van der Waals surface area contributed by atoms with E-state index in [9.17, 15) is 0 Å². The largest absolute Gasteiger partial charge is 0.297 e. The average Bonchev–Trinajstić information content (AvgIpc) is 2.35. The Morgan fingerprint density at radius 2 is 1.67 bits per heavy atom. The van der Waals surface area contributed by atoms with Gasteiger partial charge in [-0.3, -0.25) is 16.2 Å². The van der Waals surface area contributed by atoms with Gasteiger partial charge in [-0.15, -0.1) is 0 Å². The van der Waals surface area contributed by atoms with Gasteiger partial charge in [-0.2, -0.15) is 0 Å². The van der Waals surface area contributed by atoms with Crippen LogP contribution in [0.25, 0.3) is 0 Å². The van der Waals surface area contributed by atoms with Crippen molar-refractivity contribution in [1.29, 1.82) is 0 Å². The van der Waals surface area contributed by atoms with Crippen LogP contribution < -0.4 is 11.3 Å². The van der Waals surface area contributed by atoms with Crippen molar-refractivity contribution in [2.24, 2.45) is 11.8 Å². The fourth-order valence-corrected chi connectivity index (χ4v) is 2.94. The van der Waals surface area contributed by atoms with Crippen LogP contribution in [0, 0.1) is 5.92 Å². The smallest absolute Gasteiger partial charge is 0.0391 e. The molecule has 0 amide bonds. The van der Waals surface area contributed by atoms with Crippen molar-refractivity contribution < 1.29 is 0 Å². The summed E-state index contributed by atoms with van der Waals surface area (Å²) in [6.07, 6.45) is 4.83. The van der Waals surface area contributed by atoms with Gasteiger partial charge in [-0.1, -0.05) is 47.5 Å². The fourth-order valence-electron chi connectivity index (χ4n) is 2.94. The van der Waals surface area contributed by atoms with Crippen molar-refractivity contribution in [2.75, 3.05) is 13.1 Å².